The van der Waals surface area contributed by atoms with Crippen molar-refractivity contribution in [2.45, 2.75) is 71.2 Å². The Morgan fingerprint density at radius 1 is 1.20 bits per heavy atom. The van der Waals surface area contributed by atoms with Gasteiger partial charge in [-0.3, -0.25) is 14.5 Å². The van der Waals surface area contributed by atoms with E-state index in [0.29, 0.717) is 31.1 Å². The zero-order chi connectivity index (χ0) is 25.3. The molecule has 0 unspecified atom stereocenters. The van der Waals surface area contributed by atoms with Crippen LogP contribution < -0.4 is 0 Å². The first kappa shape index (κ1) is 25.6. The van der Waals surface area contributed by atoms with Gasteiger partial charge in [-0.05, 0) is 67.6 Å². The van der Waals surface area contributed by atoms with E-state index in [1.807, 2.05) is 6.08 Å². The van der Waals surface area contributed by atoms with Gasteiger partial charge >= 0.3 is 7.12 Å². The zero-order valence-electron chi connectivity index (χ0n) is 20.8. The SMILES string of the molecule is CCCC1=C2[C@@H](CC/C(=C/c3ccc(O)c(F)c3)CCC)OB(O)C[C@@H]2[C@@H]2C(=O)N(C)C(=O)[C@@H]2C1. The molecule has 4 atom stereocenters. The Balaban J connectivity index is 1.61. The number of amides is 2. The number of carbonyl (C=O) groups is 2. The number of phenols is 1. The van der Waals surface area contributed by atoms with E-state index in [1.165, 1.54) is 22.6 Å². The lowest BCUT2D eigenvalue weighted by Crippen LogP contribution is -2.46. The van der Waals surface area contributed by atoms with E-state index in [-0.39, 0.29) is 35.5 Å². The molecule has 1 aliphatic carbocycles. The molecule has 188 valence electrons. The molecule has 2 N–H and O–H groups in total. The molecule has 6 nitrogen and oxygen atoms in total. The predicted octanol–water partition coefficient (Wildman–Crippen LogP) is 4.72. The number of nitrogens with zero attached hydrogens (tertiary/aromatic N) is 1. The predicted molar refractivity (Wildman–Crippen MR) is 133 cm³/mol. The lowest BCUT2D eigenvalue weighted by Gasteiger charge is -2.43. The first-order chi connectivity index (χ1) is 16.7. The van der Waals surface area contributed by atoms with Crippen LogP contribution in [0.25, 0.3) is 6.08 Å². The number of phenolic OH excluding ortho intramolecular Hbond substituents is 1. The van der Waals surface area contributed by atoms with Crippen LogP contribution in [0.3, 0.4) is 0 Å². The molecule has 35 heavy (non-hydrogen) atoms. The summed E-state index contributed by atoms with van der Waals surface area (Å²) in [6, 6.07) is 4.37. The van der Waals surface area contributed by atoms with Crippen LogP contribution in [0.15, 0.2) is 34.9 Å². The summed E-state index contributed by atoms with van der Waals surface area (Å²) in [6.07, 6.45) is 7.43. The zero-order valence-corrected chi connectivity index (χ0v) is 20.8. The lowest BCUT2D eigenvalue weighted by molar-refractivity contribution is -0.138. The van der Waals surface area contributed by atoms with E-state index in [9.17, 15) is 24.1 Å². The van der Waals surface area contributed by atoms with Crippen molar-refractivity contribution in [3.05, 3.63) is 46.3 Å². The number of rotatable bonds is 8. The molecule has 2 heterocycles. The third-order valence-corrected chi connectivity index (χ3v) is 7.72. The van der Waals surface area contributed by atoms with E-state index in [2.05, 4.69) is 13.8 Å². The molecule has 2 aliphatic heterocycles. The molecular formula is C27H35BFNO5. The standard InChI is InChI=1S/C27H35BFNO5/c1-4-6-16(12-17-8-10-22(31)21(29)13-17)9-11-23-24-18(7-5-2)14-19-25(20(24)15-28(34)35-23)27(33)30(3)26(19)32/h8,10,12-13,19-20,23,25,31,34H,4-7,9,11,14-15H2,1-3H3/b16-12+/t19-,20+,23-,25-/m1/s1. The van der Waals surface area contributed by atoms with Crippen LogP contribution in [0.5, 0.6) is 5.75 Å². The van der Waals surface area contributed by atoms with Crippen LogP contribution >= 0.6 is 0 Å². The minimum Gasteiger partial charge on any atom is -0.505 e. The number of fused-ring (bicyclic) bond motifs is 3. The normalized spacial score (nSPS) is 26.9. The van der Waals surface area contributed by atoms with Crippen LogP contribution in [-0.4, -0.2) is 47.1 Å². The van der Waals surface area contributed by atoms with Crippen molar-refractivity contribution in [2.75, 3.05) is 7.05 Å². The van der Waals surface area contributed by atoms with E-state index in [0.717, 1.165) is 36.8 Å². The second-order valence-electron chi connectivity index (χ2n) is 10.1. The number of carbonyl (C=O) groups excluding carboxylic acids is 2. The van der Waals surface area contributed by atoms with Gasteiger partial charge in [-0.2, -0.15) is 0 Å². The highest BCUT2D eigenvalue weighted by molar-refractivity contribution is 6.43. The Labute approximate surface area is 207 Å². The molecule has 1 aromatic rings. The van der Waals surface area contributed by atoms with Crippen LogP contribution in [0.4, 0.5) is 4.39 Å². The van der Waals surface area contributed by atoms with Crippen LogP contribution in [-0.2, 0) is 14.2 Å². The molecule has 0 radical (unpaired) electrons. The molecule has 0 bridgehead atoms. The molecule has 2 fully saturated rings. The molecule has 2 saturated heterocycles. The Kier molecular flexibility index (Phi) is 7.81. The second-order valence-corrected chi connectivity index (χ2v) is 10.1. The summed E-state index contributed by atoms with van der Waals surface area (Å²) in [5, 5.41) is 20.1. The minimum atomic E-state index is -0.978. The van der Waals surface area contributed by atoms with E-state index in [4.69, 9.17) is 4.65 Å². The van der Waals surface area contributed by atoms with E-state index in [1.54, 1.807) is 13.1 Å². The van der Waals surface area contributed by atoms with Gasteiger partial charge < -0.3 is 14.8 Å². The monoisotopic (exact) mass is 483 g/mol. The van der Waals surface area contributed by atoms with Gasteiger partial charge in [0.1, 0.15) is 0 Å². The van der Waals surface area contributed by atoms with Crippen molar-refractivity contribution in [1.82, 2.24) is 4.90 Å². The maximum absolute atomic E-state index is 13.8. The van der Waals surface area contributed by atoms with Crippen molar-refractivity contribution in [3.8, 4) is 5.75 Å². The van der Waals surface area contributed by atoms with Crippen molar-refractivity contribution in [2.24, 2.45) is 17.8 Å². The summed E-state index contributed by atoms with van der Waals surface area (Å²) in [6.45, 7) is 4.19. The number of halogens is 1. The molecule has 2 amide bonds. The fourth-order valence-corrected chi connectivity index (χ4v) is 6.22. The Hall–Kier alpha value is -2.45. The highest BCUT2D eigenvalue weighted by Crippen LogP contribution is 2.51. The van der Waals surface area contributed by atoms with Gasteiger partial charge in [-0.1, -0.05) is 50.0 Å². The molecule has 8 heteroatoms. The first-order valence-electron chi connectivity index (χ1n) is 12.8. The average molecular weight is 483 g/mol. The van der Waals surface area contributed by atoms with Crippen LogP contribution in [0, 0.1) is 23.6 Å². The van der Waals surface area contributed by atoms with E-state index >= 15 is 0 Å². The topological polar surface area (TPSA) is 87.1 Å². The Bertz CT molecular complexity index is 1050. The summed E-state index contributed by atoms with van der Waals surface area (Å²) >= 11 is 0. The Morgan fingerprint density at radius 3 is 2.66 bits per heavy atom. The average Bonchev–Trinajstić information content (AvgIpc) is 3.03. The van der Waals surface area contributed by atoms with Crippen molar-refractivity contribution < 1.29 is 28.8 Å². The quantitative estimate of drug-likeness (QED) is 0.318. The van der Waals surface area contributed by atoms with E-state index < -0.39 is 18.9 Å². The van der Waals surface area contributed by atoms with Crippen LogP contribution in [0.1, 0.15) is 64.4 Å². The smallest absolute Gasteiger partial charge is 0.455 e. The Morgan fingerprint density at radius 2 is 1.97 bits per heavy atom. The van der Waals surface area contributed by atoms with Crippen molar-refractivity contribution in [1.29, 1.82) is 0 Å². The summed E-state index contributed by atoms with van der Waals surface area (Å²) in [5.41, 5.74) is 4.14. The van der Waals surface area contributed by atoms with Gasteiger partial charge in [0.2, 0.25) is 11.8 Å². The molecule has 0 spiro atoms. The highest BCUT2D eigenvalue weighted by Gasteiger charge is 2.56. The molecule has 0 aromatic heterocycles. The second kappa shape index (κ2) is 10.7. The van der Waals surface area contributed by atoms with Gasteiger partial charge in [-0.25, -0.2) is 4.39 Å². The van der Waals surface area contributed by atoms with Gasteiger partial charge in [0, 0.05) is 7.05 Å². The summed E-state index contributed by atoms with van der Waals surface area (Å²) < 4.78 is 19.9. The number of hydrogen-bond acceptors (Lipinski definition) is 5. The largest absolute Gasteiger partial charge is 0.505 e. The molecule has 1 aromatic carbocycles. The number of hydrogen-bond donors (Lipinski definition) is 2. The number of likely N-dealkylation sites (tertiary alicyclic amines) is 1. The minimum absolute atomic E-state index is 0.112. The van der Waals surface area contributed by atoms with Crippen LogP contribution in [0.2, 0.25) is 6.32 Å². The van der Waals surface area contributed by atoms with Crippen molar-refractivity contribution >= 4 is 25.0 Å². The summed E-state index contributed by atoms with van der Waals surface area (Å²) in [5.74, 6) is -2.22. The maximum atomic E-state index is 13.8. The third-order valence-electron chi connectivity index (χ3n) is 7.72. The summed E-state index contributed by atoms with van der Waals surface area (Å²) in [4.78, 5) is 27.0. The first-order valence-corrected chi connectivity index (χ1v) is 12.8. The molecular weight excluding hydrogens is 448 g/mol. The number of imide groups is 1. The van der Waals surface area contributed by atoms with Gasteiger partial charge in [0.25, 0.3) is 0 Å². The maximum Gasteiger partial charge on any atom is 0.455 e. The fraction of sp³-hybridized carbons (Fsp3) is 0.556. The number of aromatic hydroxyl groups is 1. The number of benzene rings is 1. The molecule has 3 aliphatic rings. The fourth-order valence-electron chi connectivity index (χ4n) is 6.22. The van der Waals surface area contributed by atoms with Crippen molar-refractivity contribution in [3.63, 3.8) is 0 Å². The van der Waals surface area contributed by atoms with Gasteiger partial charge in [0.15, 0.2) is 11.6 Å². The number of allylic oxidation sites excluding steroid dienone is 2. The lowest BCUT2D eigenvalue weighted by atomic mass is 9.58. The highest BCUT2D eigenvalue weighted by atomic mass is 19.1. The molecule has 0 saturated carbocycles. The summed E-state index contributed by atoms with van der Waals surface area (Å²) in [7, 11) is 0.581. The van der Waals surface area contributed by atoms with Gasteiger partial charge in [0.05, 0.1) is 17.9 Å². The third kappa shape index (κ3) is 5.09. The van der Waals surface area contributed by atoms with Gasteiger partial charge in [-0.15, -0.1) is 0 Å². The molecule has 4 rings (SSSR count).